The summed E-state index contributed by atoms with van der Waals surface area (Å²) in [6.45, 7) is 2.18. The highest BCUT2D eigenvalue weighted by molar-refractivity contribution is 5.92. The molecule has 4 fully saturated rings. The molecule has 0 aromatic heterocycles. The molecule has 3 heterocycles. The van der Waals surface area contributed by atoms with Gasteiger partial charge in [0.05, 0.1) is 11.8 Å². The molecule has 1 aromatic carbocycles. The van der Waals surface area contributed by atoms with E-state index in [-0.39, 0.29) is 41.8 Å². The maximum Gasteiger partial charge on any atom is 0.245 e. The standard InChI is InChI=1S/C25H31F2N5O3/c1-14(30-21-12-17(26)6-9-20(21)27)25(35)32-19-7-4-15(5-8-19)22(32)24(34)31-18(13-28)11-16-3-2-10-29-23(16)33/h6,9,12,14-16,18-19,22,30H,2-5,7-8,10-11H2,1H3,(H,29,33)(H,31,34)/t14-,15?,16+,18-,19?,22-/m1/s1. The zero-order valence-corrected chi connectivity index (χ0v) is 19.7. The van der Waals surface area contributed by atoms with E-state index in [1.165, 1.54) is 0 Å². The highest BCUT2D eigenvalue weighted by Gasteiger charge is 2.48. The van der Waals surface area contributed by atoms with Gasteiger partial charge in [-0.25, -0.2) is 8.78 Å². The average Bonchev–Trinajstić information content (AvgIpc) is 2.86. The Bertz CT molecular complexity index is 1020. The number of rotatable bonds is 7. The predicted octanol–water partition coefficient (Wildman–Crippen LogP) is 2.46. The number of nitrogens with zero attached hydrogens (tertiary/aromatic N) is 2. The first-order valence-corrected chi connectivity index (χ1v) is 12.3. The van der Waals surface area contributed by atoms with Crippen LogP contribution < -0.4 is 16.0 Å². The van der Waals surface area contributed by atoms with Crippen molar-refractivity contribution in [2.45, 2.75) is 76.0 Å². The van der Waals surface area contributed by atoms with E-state index in [0.29, 0.717) is 13.0 Å². The molecule has 10 heteroatoms. The molecule has 3 amide bonds. The molecule has 8 nitrogen and oxygen atoms in total. The first-order valence-electron chi connectivity index (χ1n) is 12.3. The fourth-order valence-corrected chi connectivity index (χ4v) is 5.68. The van der Waals surface area contributed by atoms with Gasteiger partial charge in [-0.05, 0) is 76.0 Å². The molecule has 3 N–H and O–H groups in total. The van der Waals surface area contributed by atoms with Crippen LogP contribution in [0.15, 0.2) is 18.2 Å². The van der Waals surface area contributed by atoms with E-state index >= 15 is 0 Å². The van der Waals surface area contributed by atoms with Crippen LogP contribution in [0.2, 0.25) is 0 Å². The maximum absolute atomic E-state index is 14.1. The second kappa shape index (κ2) is 10.6. The lowest BCUT2D eigenvalue weighted by Crippen LogP contribution is -2.65. The van der Waals surface area contributed by atoms with E-state index in [9.17, 15) is 28.4 Å². The summed E-state index contributed by atoms with van der Waals surface area (Å²) in [5.74, 6) is -2.56. The summed E-state index contributed by atoms with van der Waals surface area (Å²) < 4.78 is 27.7. The second-order valence-corrected chi connectivity index (χ2v) is 9.81. The van der Waals surface area contributed by atoms with Crippen molar-refractivity contribution in [1.29, 1.82) is 5.26 Å². The molecule has 2 bridgehead atoms. The van der Waals surface area contributed by atoms with Crippen LogP contribution in [0.1, 0.15) is 51.9 Å². The first-order chi connectivity index (χ1) is 16.8. The zero-order chi connectivity index (χ0) is 25.1. The number of nitriles is 1. The minimum absolute atomic E-state index is 0.0422. The van der Waals surface area contributed by atoms with Gasteiger partial charge in [-0.1, -0.05) is 0 Å². The molecule has 3 aliphatic heterocycles. The number of anilines is 1. The molecule has 1 saturated carbocycles. The van der Waals surface area contributed by atoms with Crippen molar-refractivity contribution in [3.05, 3.63) is 29.8 Å². The van der Waals surface area contributed by atoms with Crippen molar-refractivity contribution in [2.24, 2.45) is 11.8 Å². The zero-order valence-electron chi connectivity index (χ0n) is 19.7. The van der Waals surface area contributed by atoms with E-state index in [4.69, 9.17) is 0 Å². The van der Waals surface area contributed by atoms with Crippen molar-refractivity contribution in [3.8, 4) is 6.07 Å². The van der Waals surface area contributed by atoms with Gasteiger partial charge >= 0.3 is 0 Å². The Morgan fingerprint density at radius 3 is 2.66 bits per heavy atom. The molecule has 3 saturated heterocycles. The molecule has 5 rings (SSSR count). The van der Waals surface area contributed by atoms with Crippen LogP contribution in [0.5, 0.6) is 0 Å². The second-order valence-electron chi connectivity index (χ2n) is 9.81. The number of amides is 3. The van der Waals surface area contributed by atoms with Gasteiger partial charge in [0.25, 0.3) is 0 Å². The van der Waals surface area contributed by atoms with Crippen LogP contribution in [0.3, 0.4) is 0 Å². The highest BCUT2D eigenvalue weighted by atomic mass is 19.1. The molecule has 1 aromatic rings. The number of benzene rings is 1. The van der Waals surface area contributed by atoms with Crippen molar-refractivity contribution < 1.29 is 23.2 Å². The van der Waals surface area contributed by atoms with Crippen LogP contribution in [0.4, 0.5) is 14.5 Å². The molecule has 35 heavy (non-hydrogen) atoms. The summed E-state index contributed by atoms with van der Waals surface area (Å²) in [5, 5.41) is 18.0. The number of carbonyl (C=O) groups excluding carboxylic acids is 3. The lowest BCUT2D eigenvalue weighted by molar-refractivity contribution is -0.154. The number of fused-ring (bicyclic) bond motifs is 3. The molecule has 0 unspecified atom stereocenters. The van der Waals surface area contributed by atoms with Crippen LogP contribution in [-0.4, -0.2) is 53.3 Å². The van der Waals surface area contributed by atoms with Gasteiger partial charge in [-0.15, -0.1) is 0 Å². The monoisotopic (exact) mass is 487 g/mol. The lowest BCUT2D eigenvalue weighted by Gasteiger charge is -2.51. The number of carbonyl (C=O) groups is 3. The van der Waals surface area contributed by atoms with E-state index in [0.717, 1.165) is 50.3 Å². The van der Waals surface area contributed by atoms with Crippen molar-refractivity contribution in [1.82, 2.24) is 15.5 Å². The summed E-state index contributed by atoms with van der Waals surface area (Å²) in [6.07, 6.45) is 4.85. The van der Waals surface area contributed by atoms with E-state index in [2.05, 4.69) is 22.0 Å². The summed E-state index contributed by atoms with van der Waals surface area (Å²) >= 11 is 0. The highest BCUT2D eigenvalue weighted by Crippen LogP contribution is 2.40. The van der Waals surface area contributed by atoms with E-state index < -0.39 is 35.7 Å². The van der Waals surface area contributed by atoms with E-state index in [1.54, 1.807) is 11.8 Å². The fraction of sp³-hybridized carbons (Fsp3) is 0.600. The van der Waals surface area contributed by atoms with Crippen LogP contribution >= 0.6 is 0 Å². The Balaban J connectivity index is 1.47. The summed E-state index contributed by atoms with van der Waals surface area (Å²) in [5.41, 5.74) is -0.121. The van der Waals surface area contributed by atoms with Gasteiger partial charge in [0, 0.05) is 18.5 Å². The molecule has 0 radical (unpaired) electrons. The van der Waals surface area contributed by atoms with Crippen molar-refractivity contribution >= 4 is 23.4 Å². The van der Waals surface area contributed by atoms with Gasteiger partial charge < -0.3 is 20.9 Å². The average molecular weight is 488 g/mol. The van der Waals surface area contributed by atoms with Gasteiger partial charge in [0.1, 0.15) is 29.8 Å². The minimum Gasteiger partial charge on any atom is -0.371 e. The Hall–Kier alpha value is -3.22. The Morgan fingerprint density at radius 1 is 1.23 bits per heavy atom. The smallest absolute Gasteiger partial charge is 0.245 e. The number of nitrogens with one attached hydrogen (secondary N) is 3. The minimum atomic E-state index is -0.890. The van der Waals surface area contributed by atoms with Crippen molar-refractivity contribution in [3.63, 3.8) is 0 Å². The van der Waals surface area contributed by atoms with Gasteiger partial charge in [0.2, 0.25) is 17.7 Å². The normalized spacial score (nSPS) is 27.4. The molecular formula is C25H31F2N5O3. The third-order valence-electron chi connectivity index (χ3n) is 7.47. The molecule has 4 atom stereocenters. The Labute approximate surface area is 203 Å². The molecule has 188 valence electrons. The summed E-state index contributed by atoms with van der Waals surface area (Å²) in [6, 6.07) is 2.46. The van der Waals surface area contributed by atoms with Crippen LogP contribution in [0.25, 0.3) is 0 Å². The molecule has 1 aliphatic carbocycles. The van der Waals surface area contributed by atoms with Crippen molar-refractivity contribution in [2.75, 3.05) is 11.9 Å². The summed E-state index contributed by atoms with van der Waals surface area (Å²) in [4.78, 5) is 40.5. The van der Waals surface area contributed by atoms with Gasteiger partial charge in [-0.2, -0.15) is 5.26 Å². The molecule has 0 spiro atoms. The topological polar surface area (TPSA) is 114 Å². The number of hydrogen-bond acceptors (Lipinski definition) is 5. The largest absolute Gasteiger partial charge is 0.371 e. The number of halogens is 2. The Morgan fingerprint density at radius 2 is 1.97 bits per heavy atom. The van der Waals surface area contributed by atoms with Gasteiger partial charge in [0.15, 0.2) is 0 Å². The predicted molar refractivity (Wildman–Crippen MR) is 124 cm³/mol. The van der Waals surface area contributed by atoms with Crippen LogP contribution in [0, 0.1) is 34.8 Å². The van der Waals surface area contributed by atoms with Gasteiger partial charge in [-0.3, -0.25) is 14.4 Å². The molecule has 4 aliphatic rings. The number of piperidine rings is 3. The fourth-order valence-electron chi connectivity index (χ4n) is 5.68. The number of hydrogen-bond donors (Lipinski definition) is 3. The quantitative estimate of drug-likeness (QED) is 0.547. The Kier molecular flexibility index (Phi) is 7.53. The third-order valence-corrected chi connectivity index (χ3v) is 7.47. The SMILES string of the molecule is C[C@@H](Nc1cc(F)ccc1F)C(=O)N1C2CCC(CC2)[C@@H]1C(=O)N[C@@H](C#N)C[C@@H]1CCCNC1=O. The maximum atomic E-state index is 14.1. The first kappa shape index (κ1) is 24.9. The lowest BCUT2D eigenvalue weighted by atomic mass is 9.74. The third kappa shape index (κ3) is 5.39. The van der Waals surface area contributed by atoms with Crippen LogP contribution in [-0.2, 0) is 14.4 Å². The molecular weight excluding hydrogens is 456 g/mol. The summed E-state index contributed by atoms with van der Waals surface area (Å²) in [7, 11) is 0. The van der Waals surface area contributed by atoms with E-state index in [1.807, 2.05) is 0 Å².